The fourth-order valence-electron chi connectivity index (χ4n) is 1.87. The lowest BCUT2D eigenvalue weighted by atomic mass is 10.1. The van der Waals surface area contributed by atoms with Crippen molar-refractivity contribution in [3.05, 3.63) is 65.2 Å². The summed E-state index contributed by atoms with van der Waals surface area (Å²) < 4.78 is 0. The highest BCUT2D eigenvalue weighted by Gasteiger charge is 2.06. The van der Waals surface area contributed by atoms with Crippen LogP contribution in [-0.4, -0.2) is 11.9 Å². The van der Waals surface area contributed by atoms with Gasteiger partial charge in [-0.25, -0.2) is 4.79 Å². The van der Waals surface area contributed by atoms with Gasteiger partial charge in [-0.15, -0.1) is 0 Å². The number of aryl methyl sites for hydroxylation is 1. The summed E-state index contributed by atoms with van der Waals surface area (Å²) in [6.45, 7) is 2.46. The van der Waals surface area contributed by atoms with Gasteiger partial charge in [0.15, 0.2) is 0 Å². The SMILES string of the molecule is Cc1ccc(CNC(=O)c2cccc(NC(N)=O)c2)cc1. The van der Waals surface area contributed by atoms with E-state index in [2.05, 4.69) is 10.6 Å². The van der Waals surface area contributed by atoms with E-state index in [1.54, 1.807) is 24.3 Å². The zero-order valence-electron chi connectivity index (χ0n) is 11.7. The van der Waals surface area contributed by atoms with Gasteiger partial charge in [0.05, 0.1) is 0 Å². The average molecular weight is 283 g/mol. The third-order valence-electron chi connectivity index (χ3n) is 2.97. The maximum Gasteiger partial charge on any atom is 0.316 e. The van der Waals surface area contributed by atoms with Gasteiger partial charge in [-0.2, -0.15) is 0 Å². The molecule has 0 saturated heterocycles. The zero-order chi connectivity index (χ0) is 15.2. The van der Waals surface area contributed by atoms with E-state index in [-0.39, 0.29) is 5.91 Å². The molecule has 0 radical (unpaired) electrons. The maximum atomic E-state index is 12.1. The minimum atomic E-state index is -0.660. The van der Waals surface area contributed by atoms with Crippen LogP contribution in [0.4, 0.5) is 10.5 Å². The number of urea groups is 1. The molecule has 0 aromatic heterocycles. The summed E-state index contributed by atoms with van der Waals surface area (Å²) in [6, 6.07) is 13.9. The molecule has 2 rings (SSSR count). The molecule has 108 valence electrons. The van der Waals surface area contributed by atoms with E-state index < -0.39 is 6.03 Å². The summed E-state index contributed by atoms with van der Waals surface area (Å²) in [7, 11) is 0. The van der Waals surface area contributed by atoms with E-state index in [1.807, 2.05) is 31.2 Å². The highest BCUT2D eigenvalue weighted by atomic mass is 16.2. The highest BCUT2D eigenvalue weighted by Crippen LogP contribution is 2.10. The Balaban J connectivity index is 1.99. The number of anilines is 1. The van der Waals surface area contributed by atoms with Crippen LogP contribution in [0.3, 0.4) is 0 Å². The van der Waals surface area contributed by atoms with Crippen molar-refractivity contribution in [3.8, 4) is 0 Å². The Bertz CT molecular complexity index is 651. The van der Waals surface area contributed by atoms with E-state index in [0.717, 1.165) is 5.56 Å². The number of nitrogens with two attached hydrogens (primary N) is 1. The number of hydrogen-bond acceptors (Lipinski definition) is 2. The predicted molar refractivity (Wildman–Crippen MR) is 82.0 cm³/mol. The van der Waals surface area contributed by atoms with E-state index in [9.17, 15) is 9.59 Å². The summed E-state index contributed by atoms with van der Waals surface area (Å²) in [5.74, 6) is -0.205. The number of benzene rings is 2. The molecule has 2 aromatic carbocycles. The van der Waals surface area contributed by atoms with Crippen molar-refractivity contribution in [1.29, 1.82) is 0 Å². The van der Waals surface area contributed by atoms with E-state index in [4.69, 9.17) is 5.73 Å². The molecule has 0 aliphatic carbocycles. The molecule has 21 heavy (non-hydrogen) atoms. The molecule has 0 atom stereocenters. The smallest absolute Gasteiger partial charge is 0.316 e. The quantitative estimate of drug-likeness (QED) is 0.805. The van der Waals surface area contributed by atoms with Gasteiger partial charge in [-0.05, 0) is 30.7 Å². The number of hydrogen-bond donors (Lipinski definition) is 3. The first kappa shape index (κ1) is 14.6. The topological polar surface area (TPSA) is 84.2 Å². The second-order valence-electron chi connectivity index (χ2n) is 4.74. The number of rotatable bonds is 4. The fraction of sp³-hybridized carbons (Fsp3) is 0.125. The van der Waals surface area contributed by atoms with Crippen LogP contribution in [0.15, 0.2) is 48.5 Å². The third-order valence-corrected chi connectivity index (χ3v) is 2.97. The molecular formula is C16H17N3O2. The molecular weight excluding hydrogens is 266 g/mol. The second-order valence-corrected chi connectivity index (χ2v) is 4.74. The van der Waals surface area contributed by atoms with E-state index >= 15 is 0 Å². The van der Waals surface area contributed by atoms with Crippen LogP contribution in [0.5, 0.6) is 0 Å². The van der Waals surface area contributed by atoms with E-state index in [0.29, 0.717) is 17.8 Å². The first-order valence-electron chi connectivity index (χ1n) is 6.55. The van der Waals surface area contributed by atoms with Gasteiger partial charge in [-0.1, -0.05) is 35.9 Å². The Morgan fingerprint density at radius 2 is 1.81 bits per heavy atom. The summed E-state index contributed by atoms with van der Waals surface area (Å²) >= 11 is 0. The molecule has 5 nitrogen and oxygen atoms in total. The fourth-order valence-corrected chi connectivity index (χ4v) is 1.87. The van der Waals surface area contributed by atoms with Crippen LogP contribution in [0.2, 0.25) is 0 Å². The largest absolute Gasteiger partial charge is 0.351 e. The van der Waals surface area contributed by atoms with Gasteiger partial charge in [0.25, 0.3) is 5.91 Å². The number of primary amides is 1. The van der Waals surface area contributed by atoms with Gasteiger partial charge in [-0.3, -0.25) is 4.79 Å². The Morgan fingerprint density at radius 3 is 2.48 bits per heavy atom. The first-order valence-corrected chi connectivity index (χ1v) is 6.55. The van der Waals surface area contributed by atoms with Crippen LogP contribution in [0, 0.1) is 6.92 Å². The van der Waals surface area contributed by atoms with Crippen LogP contribution < -0.4 is 16.4 Å². The van der Waals surface area contributed by atoms with Crippen LogP contribution in [0.25, 0.3) is 0 Å². The van der Waals surface area contributed by atoms with Crippen molar-refractivity contribution in [2.24, 2.45) is 5.73 Å². The normalized spacial score (nSPS) is 9.95. The molecule has 3 amide bonds. The Hall–Kier alpha value is -2.82. The number of carbonyl (C=O) groups is 2. The molecule has 5 heteroatoms. The van der Waals surface area contributed by atoms with Crippen molar-refractivity contribution in [2.45, 2.75) is 13.5 Å². The number of amides is 3. The second kappa shape index (κ2) is 6.56. The lowest BCUT2D eigenvalue weighted by molar-refractivity contribution is 0.0951. The third kappa shape index (κ3) is 4.35. The number of nitrogens with one attached hydrogen (secondary N) is 2. The van der Waals surface area contributed by atoms with Crippen molar-refractivity contribution in [2.75, 3.05) is 5.32 Å². The van der Waals surface area contributed by atoms with Gasteiger partial charge >= 0.3 is 6.03 Å². The zero-order valence-corrected chi connectivity index (χ0v) is 11.7. The minimum absolute atomic E-state index is 0.205. The summed E-state index contributed by atoms with van der Waals surface area (Å²) in [5, 5.41) is 5.27. The average Bonchev–Trinajstić information content (AvgIpc) is 2.46. The molecule has 0 aliphatic rings. The van der Waals surface area contributed by atoms with Crippen LogP contribution >= 0.6 is 0 Å². The lowest BCUT2D eigenvalue weighted by Gasteiger charge is -2.07. The molecule has 2 aromatic rings. The summed E-state index contributed by atoms with van der Waals surface area (Å²) in [4.78, 5) is 22.9. The number of carbonyl (C=O) groups excluding carboxylic acids is 2. The van der Waals surface area contributed by atoms with Crippen molar-refractivity contribution in [3.63, 3.8) is 0 Å². The lowest BCUT2D eigenvalue weighted by Crippen LogP contribution is -2.23. The van der Waals surface area contributed by atoms with Crippen molar-refractivity contribution in [1.82, 2.24) is 5.32 Å². The molecule has 0 bridgehead atoms. The van der Waals surface area contributed by atoms with Gasteiger partial charge in [0.2, 0.25) is 0 Å². The minimum Gasteiger partial charge on any atom is -0.351 e. The molecule has 0 spiro atoms. The molecule has 0 heterocycles. The molecule has 0 unspecified atom stereocenters. The molecule has 0 fully saturated rings. The summed E-state index contributed by atoms with van der Waals surface area (Å²) in [6.07, 6.45) is 0. The van der Waals surface area contributed by atoms with Crippen LogP contribution in [-0.2, 0) is 6.54 Å². The van der Waals surface area contributed by atoms with Crippen molar-refractivity contribution < 1.29 is 9.59 Å². The Labute approximate surface area is 123 Å². The highest BCUT2D eigenvalue weighted by molar-refractivity contribution is 5.96. The summed E-state index contributed by atoms with van der Waals surface area (Å²) in [5.41, 5.74) is 8.21. The standard InChI is InChI=1S/C16H17N3O2/c1-11-5-7-12(8-6-11)10-18-15(20)13-3-2-4-14(9-13)19-16(17)21/h2-9H,10H2,1H3,(H,18,20)(H3,17,19,21). The van der Waals surface area contributed by atoms with Crippen LogP contribution in [0.1, 0.15) is 21.5 Å². The Kier molecular flexibility index (Phi) is 4.56. The molecule has 0 aliphatic heterocycles. The van der Waals surface area contributed by atoms with E-state index in [1.165, 1.54) is 5.56 Å². The molecule has 4 N–H and O–H groups in total. The van der Waals surface area contributed by atoms with Gasteiger partial charge in [0.1, 0.15) is 0 Å². The van der Waals surface area contributed by atoms with Gasteiger partial charge in [0, 0.05) is 17.8 Å². The van der Waals surface area contributed by atoms with Gasteiger partial charge < -0.3 is 16.4 Å². The van der Waals surface area contributed by atoms with Crippen molar-refractivity contribution >= 4 is 17.6 Å². The predicted octanol–water partition coefficient (Wildman–Crippen LogP) is 2.42. The monoisotopic (exact) mass is 283 g/mol. The molecule has 0 saturated carbocycles. The first-order chi connectivity index (χ1) is 10.0. The Morgan fingerprint density at radius 1 is 1.10 bits per heavy atom. The maximum absolute atomic E-state index is 12.1.